The van der Waals surface area contributed by atoms with Crippen LogP contribution in [0.1, 0.15) is 11.4 Å². The fourth-order valence-electron chi connectivity index (χ4n) is 1.66. The fourth-order valence-corrected chi connectivity index (χ4v) is 1.66. The lowest BCUT2D eigenvalue weighted by Crippen LogP contribution is -2.41. The van der Waals surface area contributed by atoms with Gasteiger partial charge in [0, 0.05) is 12.4 Å². The molecule has 0 bridgehead atoms. The molecule has 0 unspecified atom stereocenters. The van der Waals surface area contributed by atoms with Crippen molar-refractivity contribution in [2.75, 3.05) is 0 Å². The van der Waals surface area contributed by atoms with Gasteiger partial charge < -0.3 is 16.0 Å². The maximum absolute atomic E-state index is 11.8. The second-order valence-corrected chi connectivity index (χ2v) is 4.05. The summed E-state index contributed by atoms with van der Waals surface area (Å²) in [7, 11) is 0. The number of H-pyrrole nitrogens is 1. The summed E-state index contributed by atoms with van der Waals surface area (Å²) < 4.78 is 0. The maximum Gasteiger partial charge on any atom is 0.237 e. The van der Waals surface area contributed by atoms with Crippen LogP contribution >= 0.6 is 0 Å². The van der Waals surface area contributed by atoms with E-state index in [4.69, 9.17) is 5.73 Å². The minimum absolute atomic E-state index is 0.171. The van der Waals surface area contributed by atoms with E-state index < -0.39 is 6.04 Å². The summed E-state index contributed by atoms with van der Waals surface area (Å²) in [5, 5.41) is 2.75. The first-order valence-corrected chi connectivity index (χ1v) is 5.81. The number of hydrogen-bond acceptors (Lipinski definition) is 3. The Hall–Kier alpha value is -2.14. The molecule has 1 aromatic heterocycles. The summed E-state index contributed by atoms with van der Waals surface area (Å²) in [4.78, 5) is 18.7. The first-order chi connectivity index (χ1) is 8.75. The predicted octanol–water partition coefficient (Wildman–Crippen LogP) is 0.596. The van der Waals surface area contributed by atoms with Crippen molar-refractivity contribution in [2.45, 2.75) is 19.0 Å². The zero-order chi connectivity index (χ0) is 12.8. The lowest BCUT2D eigenvalue weighted by Gasteiger charge is -2.11. The van der Waals surface area contributed by atoms with Crippen LogP contribution in [-0.2, 0) is 17.8 Å². The molecule has 1 amide bonds. The molecule has 94 valence electrons. The maximum atomic E-state index is 11.8. The molecule has 18 heavy (non-hydrogen) atoms. The van der Waals surface area contributed by atoms with Gasteiger partial charge in [-0.05, 0) is 12.0 Å². The van der Waals surface area contributed by atoms with E-state index in [1.165, 1.54) is 0 Å². The molecule has 1 aromatic carbocycles. The summed E-state index contributed by atoms with van der Waals surface area (Å²) in [5.74, 6) is 0.547. The van der Waals surface area contributed by atoms with Crippen LogP contribution in [-0.4, -0.2) is 21.9 Å². The van der Waals surface area contributed by atoms with Gasteiger partial charge in [-0.25, -0.2) is 4.98 Å². The van der Waals surface area contributed by atoms with Crippen LogP contribution in [0.2, 0.25) is 0 Å². The van der Waals surface area contributed by atoms with Crippen molar-refractivity contribution in [1.29, 1.82) is 0 Å². The Kier molecular flexibility index (Phi) is 4.09. The van der Waals surface area contributed by atoms with E-state index in [1.807, 2.05) is 30.3 Å². The third-order valence-electron chi connectivity index (χ3n) is 2.62. The van der Waals surface area contributed by atoms with Crippen LogP contribution in [0.4, 0.5) is 0 Å². The molecule has 0 saturated carbocycles. The molecule has 2 aromatic rings. The van der Waals surface area contributed by atoms with Crippen molar-refractivity contribution in [1.82, 2.24) is 15.3 Å². The summed E-state index contributed by atoms with van der Waals surface area (Å²) in [6.45, 7) is 0.369. The number of hydrogen-bond donors (Lipinski definition) is 3. The third-order valence-corrected chi connectivity index (χ3v) is 2.62. The van der Waals surface area contributed by atoms with Gasteiger partial charge in [0.2, 0.25) is 5.91 Å². The van der Waals surface area contributed by atoms with Gasteiger partial charge in [-0.3, -0.25) is 4.79 Å². The Labute approximate surface area is 105 Å². The second-order valence-electron chi connectivity index (χ2n) is 4.05. The Bertz CT molecular complexity index is 481. The SMILES string of the molecule is N[C@H](Cc1ccccc1)C(=O)NCc1ncc[nH]1. The summed E-state index contributed by atoms with van der Waals surface area (Å²) in [5.41, 5.74) is 6.90. The molecule has 0 aliphatic carbocycles. The first kappa shape index (κ1) is 12.3. The van der Waals surface area contributed by atoms with Gasteiger partial charge in [0.1, 0.15) is 5.82 Å². The first-order valence-electron chi connectivity index (χ1n) is 5.81. The number of carbonyl (C=O) groups is 1. The Morgan fingerprint density at radius 2 is 2.17 bits per heavy atom. The highest BCUT2D eigenvalue weighted by Gasteiger charge is 2.13. The third kappa shape index (κ3) is 3.43. The molecule has 0 radical (unpaired) electrons. The zero-order valence-corrected chi connectivity index (χ0v) is 9.97. The van der Waals surface area contributed by atoms with Crippen LogP contribution in [0.5, 0.6) is 0 Å². The lowest BCUT2D eigenvalue weighted by atomic mass is 10.1. The molecule has 1 heterocycles. The molecule has 5 nitrogen and oxygen atoms in total. The fraction of sp³-hybridized carbons (Fsp3) is 0.231. The number of aromatic amines is 1. The molecule has 0 spiro atoms. The van der Waals surface area contributed by atoms with E-state index in [9.17, 15) is 4.79 Å². The second kappa shape index (κ2) is 5.97. The van der Waals surface area contributed by atoms with Crippen molar-refractivity contribution in [3.63, 3.8) is 0 Å². The molecule has 5 heteroatoms. The van der Waals surface area contributed by atoms with Crippen molar-refractivity contribution in [2.24, 2.45) is 5.73 Å². The number of aromatic nitrogens is 2. The van der Waals surface area contributed by atoms with Crippen LogP contribution in [0, 0.1) is 0 Å². The molecule has 0 aliphatic rings. The average molecular weight is 244 g/mol. The highest BCUT2D eigenvalue weighted by Crippen LogP contribution is 2.02. The van der Waals surface area contributed by atoms with Crippen LogP contribution in [0.3, 0.4) is 0 Å². The average Bonchev–Trinajstić information content (AvgIpc) is 2.90. The van der Waals surface area contributed by atoms with E-state index in [0.717, 1.165) is 11.4 Å². The predicted molar refractivity (Wildman–Crippen MR) is 68.6 cm³/mol. The molecular formula is C13H16N4O. The number of carbonyl (C=O) groups excluding carboxylic acids is 1. The van der Waals surface area contributed by atoms with Crippen LogP contribution in [0.25, 0.3) is 0 Å². The van der Waals surface area contributed by atoms with E-state index in [2.05, 4.69) is 15.3 Å². The topological polar surface area (TPSA) is 83.8 Å². The number of nitrogens with zero attached hydrogens (tertiary/aromatic N) is 1. The smallest absolute Gasteiger partial charge is 0.237 e. The van der Waals surface area contributed by atoms with Crippen molar-refractivity contribution in [3.8, 4) is 0 Å². The highest BCUT2D eigenvalue weighted by atomic mass is 16.2. The molecule has 4 N–H and O–H groups in total. The van der Waals surface area contributed by atoms with Crippen molar-refractivity contribution in [3.05, 3.63) is 54.1 Å². The number of amides is 1. The Morgan fingerprint density at radius 3 is 2.83 bits per heavy atom. The van der Waals surface area contributed by atoms with Crippen LogP contribution in [0.15, 0.2) is 42.7 Å². The normalized spacial score (nSPS) is 12.1. The van der Waals surface area contributed by atoms with E-state index in [1.54, 1.807) is 12.4 Å². The molecule has 2 rings (SSSR count). The summed E-state index contributed by atoms with van der Waals surface area (Å²) >= 11 is 0. The molecule has 1 atom stereocenters. The number of rotatable bonds is 5. The molecular weight excluding hydrogens is 228 g/mol. The standard InChI is InChI=1S/C13H16N4O/c14-11(8-10-4-2-1-3-5-10)13(18)17-9-12-15-6-7-16-12/h1-7,11H,8-9,14H2,(H,15,16)(H,17,18)/t11-/m1/s1. The van der Waals surface area contributed by atoms with Gasteiger partial charge in [0.05, 0.1) is 12.6 Å². The summed E-state index contributed by atoms with van der Waals surface area (Å²) in [6, 6.07) is 9.18. The van der Waals surface area contributed by atoms with Gasteiger partial charge >= 0.3 is 0 Å². The van der Waals surface area contributed by atoms with Crippen molar-refractivity contribution < 1.29 is 4.79 Å². The monoisotopic (exact) mass is 244 g/mol. The molecule has 0 aliphatic heterocycles. The lowest BCUT2D eigenvalue weighted by molar-refractivity contribution is -0.122. The minimum atomic E-state index is -0.539. The van der Waals surface area contributed by atoms with Gasteiger partial charge in [-0.2, -0.15) is 0 Å². The summed E-state index contributed by atoms with van der Waals surface area (Å²) in [6.07, 6.45) is 3.89. The number of nitrogens with one attached hydrogen (secondary N) is 2. The van der Waals surface area contributed by atoms with E-state index in [0.29, 0.717) is 13.0 Å². The minimum Gasteiger partial charge on any atom is -0.348 e. The van der Waals surface area contributed by atoms with Gasteiger partial charge in [-0.15, -0.1) is 0 Å². The quantitative estimate of drug-likeness (QED) is 0.720. The Balaban J connectivity index is 1.82. The number of benzene rings is 1. The highest BCUT2D eigenvalue weighted by molar-refractivity contribution is 5.81. The van der Waals surface area contributed by atoms with Crippen LogP contribution < -0.4 is 11.1 Å². The zero-order valence-electron chi connectivity index (χ0n) is 9.97. The Morgan fingerprint density at radius 1 is 1.39 bits per heavy atom. The van der Waals surface area contributed by atoms with Gasteiger partial charge in [0.25, 0.3) is 0 Å². The van der Waals surface area contributed by atoms with E-state index in [-0.39, 0.29) is 5.91 Å². The number of nitrogens with two attached hydrogens (primary N) is 1. The van der Waals surface area contributed by atoms with Crippen molar-refractivity contribution >= 4 is 5.91 Å². The number of imidazole rings is 1. The molecule has 0 fully saturated rings. The van der Waals surface area contributed by atoms with Gasteiger partial charge in [-0.1, -0.05) is 30.3 Å². The molecule has 0 saturated heterocycles. The van der Waals surface area contributed by atoms with E-state index >= 15 is 0 Å². The largest absolute Gasteiger partial charge is 0.348 e. The van der Waals surface area contributed by atoms with Gasteiger partial charge in [0.15, 0.2) is 0 Å².